The molecule has 1 aromatic carbocycles. The number of fused-ring (bicyclic) bond motifs is 1. The van der Waals surface area contributed by atoms with Crippen LogP contribution in [0.25, 0.3) is 6.08 Å². The van der Waals surface area contributed by atoms with Crippen LogP contribution in [0.1, 0.15) is 28.6 Å². The summed E-state index contributed by atoms with van der Waals surface area (Å²) in [6.45, 7) is 3.06. The molecule has 0 N–H and O–H groups in total. The quantitative estimate of drug-likeness (QED) is 0.481. The van der Waals surface area contributed by atoms with Gasteiger partial charge in [-0.05, 0) is 31.2 Å². The summed E-state index contributed by atoms with van der Waals surface area (Å²) in [6.07, 6.45) is 3.05. The maximum Gasteiger partial charge on any atom is 0.308 e. The van der Waals surface area contributed by atoms with Crippen molar-refractivity contribution >= 4 is 17.8 Å². The third-order valence-corrected chi connectivity index (χ3v) is 3.11. The van der Waals surface area contributed by atoms with Gasteiger partial charge in [0.15, 0.2) is 5.76 Å². The minimum absolute atomic E-state index is 0.183. The average molecular weight is 284 g/mol. The number of esters is 1. The highest BCUT2D eigenvalue weighted by Crippen LogP contribution is 2.39. The van der Waals surface area contributed by atoms with Gasteiger partial charge < -0.3 is 13.9 Å². The van der Waals surface area contributed by atoms with Crippen molar-refractivity contribution in [2.24, 2.45) is 0 Å². The zero-order chi connectivity index (χ0) is 15.0. The van der Waals surface area contributed by atoms with Crippen LogP contribution in [0.5, 0.6) is 11.5 Å². The number of carbonyl (C=O) groups excluding carboxylic acids is 2. The van der Waals surface area contributed by atoms with Gasteiger partial charge in [-0.15, -0.1) is 0 Å². The fraction of sp³-hybridized carbons (Fsp3) is 0.125. The van der Waals surface area contributed by atoms with Gasteiger partial charge in [0.05, 0.1) is 11.8 Å². The van der Waals surface area contributed by atoms with E-state index < -0.39 is 5.97 Å². The molecule has 106 valence electrons. The normalized spacial score (nSPS) is 15.0. The highest BCUT2D eigenvalue weighted by molar-refractivity contribution is 6.14. The van der Waals surface area contributed by atoms with E-state index in [1.165, 1.54) is 19.3 Å². The van der Waals surface area contributed by atoms with Gasteiger partial charge in [-0.25, -0.2) is 0 Å². The number of Topliss-reactive ketones (excluding diaryl/α,β-unsaturated/α-hetero) is 1. The summed E-state index contributed by atoms with van der Waals surface area (Å²) in [5.41, 5.74) is 1.06. The topological polar surface area (TPSA) is 65.7 Å². The molecule has 2 heterocycles. The standard InChI is InChI=1S/C16H12O5/c1-9-13(20-10(2)17)6-5-12-15(18)14(21-16(9)12)8-11-4-3-7-19-11/h3-8H,1-2H3/b14-8+. The Labute approximate surface area is 120 Å². The lowest BCUT2D eigenvalue weighted by atomic mass is 10.1. The van der Waals surface area contributed by atoms with E-state index in [0.29, 0.717) is 28.4 Å². The first kappa shape index (κ1) is 13.2. The Morgan fingerprint density at radius 1 is 1.29 bits per heavy atom. The zero-order valence-corrected chi connectivity index (χ0v) is 11.5. The molecule has 0 radical (unpaired) electrons. The smallest absolute Gasteiger partial charge is 0.308 e. The van der Waals surface area contributed by atoms with Gasteiger partial charge >= 0.3 is 5.97 Å². The third kappa shape index (κ3) is 2.33. The van der Waals surface area contributed by atoms with Crippen molar-refractivity contribution in [2.75, 3.05) is 0 Å². The van der Waals surface area contributed by atoms with E-state index in [2.05, 4.69) is 0 Å². The van der Waals surface area contributed by atoms with Gasteiger partial charge in [-0.3, -0.25) is 9.59 Å². The Morgan fingerprint density at radius 2 is 2.10 bits per heavy atom. The molecule has 0 aliphatic carbocycles. The molecule has 0 unspecified atom stereocenters. The maximum absolute atomic E-state index is 12.3. The van der Waals surface area contributed by atoms with Gasteiger partial charge in [0, 0.05) is 18.6 Å². The van der Waals surface area contributed by atoms with Crippen molar-refractivity contribution in [2.45, 2.75) is 13.8 Å². The molecule has 0 saturated heterocycles. The molecule has 0 saturated carbocycles. The summed E-state index contributed by atoms with van der Waals surface area (Å²) in [7, 11) is 0. The molecule has 5 heteroatoms. The molecule has 1 aliphatic heterocycles. The van der Waals surface area contributed by atoms with Crippen LogP contribution in [-0.4, -0.2) is 11.8 Å². The molecule has 0 spiro atoms. The molecule has 5 nitrogen and oxygen atoms in total. The highest BCUT2D eigenvalue weighted by atomic mass is 16.5. The Kier molecular flexibility index (Phi) is 3.10. The van der Waals surface area contributed by atoms with E-state index in [4.69, 9.17) is 13.9 Å². The van der Waals surface area contributed by atoms with Crippen molar-refractivity contribution in [3.05, 3.63) is 53.2 Å². The summed E-state index contributed by atoms with van der Waals surface area (Å²) in [5.74, 6) is 0.865. The average Bonchev–Trinajstić information content (AvgIpc) is 3.04. The number of hydrogen-bond acceptors (Lipinski definition) is 5. The second kappa shape index (κ2) is 4.94. The molecule has 2 aromatic rings. The minimum atomic E-state index is -0.422. The van der Waals surface area contributed by atoms with E-state index in [1.54, 1.807) is 31.2 Å². The summed E-state index contributed by atoms with van der Waals surface area (Å²) < 4.78 is 15.9. The van der Waals surface area contributed by atoms with Crippen LogP contribution in [-0.2, 0) is 4.79 Å². The highest BCUT2D eigenvalue weighted by Gasteiger charge is 2.30. The molecule has 21 heavy (non-hydrogen) atoms. The second-order valence-electron chi connectivity index (χ2n) is 4.61. The predicted octanol–water partition coefficient (Wildman–Crippen LogP) is 3.13. The first-order chi connectivity index (χ1) is 10.1. The number of furan rings is 1. The number of rotatable bonds is 2. The van der Waals surface area contributed by atoms with Crippen LogP contribution < -0.4 is 9.47 Å². The van der Waals surface area contributed by atoms with Crippen molar-refractivity contribution in [3.8, 4) is 11.5 Å². The molecule has 1 aliphatic rings. The Balaban J connectivity index is 1.99. The van der Waals surface area contributed by atoms with E-state index in [0.717, 1.165) is 0 Å². The molecule has 1 aromatic heterocycles. The van der Waals surface area contributed by atoms with Crippen molar-refractivity contribution in [1.29, 1.82) is 0 Å². The summed E-state index contributed by atoms with van der Waals surface area (Å²) >= 11 is 0. The number of benzene rings is 1. The molecular weight excluding hydrogens is 272 g/mol. The van der Waals surface area contributed by atoms with Crippen molar-refractivity contribution < 1.29 is 23.5 Å². The fourth-order valence-electron chi connectivity index (χ4n) is 2.14. The molecule has 3 rings (SSSR count). The van der Waals surface area contributed by atoms with Crippen LogP contribution in [0.4, 0.5) is 0 Å². The van der Waals surface area contributed by atoms with Crippen LogP contribution in [0.3, 0.4) is 0 Å². The lowest BCUT2D eigenvalue weighted by Gasteiger charge is -2.08. The van der Waals surface area contributed by atoms with Crippen LogP contribution >= 0.6 is 0 Å². The monoisotopic (exact) mass is 284 g/mol. The van der Waals surface area contributed by atoms with Gasteiger partial charge in [0.1, 0.15) is 17.3 Å². The SMILES string of the molecule is CC(=O)Oc1ccc2c(c1C)O/C(=C/c1ccco1)C2=O. The van der Waals surface area contributed by atoms with Crippen LogP contribution in [0, 0.1) is 6.92 Å². The van der Waals surface area contributed by atoms with Crippen molar-refractivity contribution in [3.63, 3.8) is 0 Å². The number of allylic oxidation sites excluding steroid dienone is 1. The Morgan fingerprint density at radius 3 is 2.76 bits per heavy atom. The Hall–Kier alpha value is -2.82. The first-order valence-electron chi connectivity index (χ1n) is 6.36. The van der Waals surface area contributed by atoms with Crippen molar-refractivity contribution in [1.82, 2.24) is 0 Å². The lowest BCUT2D eigenvalue weighted by Crippen LogP contribution is -2.03. The van der Waals surface area contributed by atoms with Crippen LogP contribution in [0.15, 0.2) is 40.7 Å². The van der Waals surface area contributed by atoms with E-state index in [1.807, 2.05) is 0 Å². The summed E-state index contributed by atoms with van der Waals surface area (Å²) in [5, 5.41) is 0. The van der Waals surface area contributed by atoms with Gasteiger partial charge in [0.25, 0.3) is 0 Å². The molecule has 0 bridgehead atoms. The zero-order valence-electron chi connectivity index (χ0n) is 11.5. The fourth-order valence-corrected chi connectivity index (χ4v) is 2.14. The predicted molar refractivity (Wildman–Crippen MR) is 74.1 cm³/mol. The van der Waals surface area contributed by atoms with Gasteiger partial charge in [-0.1, -0.05) is 0 Å². The molecule has 0 atom stereocenters. The van der Waals surface area contributed by atoms with Gasteiger partial charge in [-0.2, -0.15) is 0 Å². The molecule has 0 fully saturated rings. The third-order valence-electron chi connectivity index (χ3n) is 3.11. The Bertz CT molecular complexity index is 753. The summed E-state index contributed by atoms with van der Waals surface area (Å²) in [4.78, 5) is 23.3. The van der Waals surface area contributed by atoms with E-state index in [9.17, 15) is 9.59 Å². The number of carbonyl (C=O) groups is 2. The number of ether oxygens (including phenoxy) is 2. The van der Waals surface area contributed by atoms with Crippen LogP contribution in [0.2, 0.25) is 0 Å². The number of ketones is 1. The summed E-state index contributed by atoms with van der Waals surface area (Å²) in [6, 6.07) is 6.63. The van der Waals surface area contributed by atoms with Gasteiger partial charge in [0.2, 0.25) is 5.78 Å². The second-order valence-corrected chi connectivity index (χ2v) is 4.61. The maximum atomic E-state index is 12.3. The van der Waals surface area contributed by atoms with E-state index in [-0.39, 0.29) is 11.5 Å². The largest absolute Gasteiger partial charge is 0.465 e. The minimum Gasteiger partial charge on any atom is -0.465 e. The first-order valence-corrected chi connectivity index (χ1v) is 6.36. The lowest BCUT2D eigenvalue weighted by molar-refractivity contribution is -0.131. The van der Waals surface area contributed by atoms with E-state index >= 15 is 0 Å². The molecular formula is C16H12O5. The molecule has 0 amide bonds. The number of hydrogen-bond donors (Lipinski definition) is 0.